The van der Waals surface area contributed by atoms with Crippen LogP contribution >= 0.6 is 0 Å². The number of anilines is 1. The van der Waals surface area contributed by atoms with Gasteiger partial charge in [-0.3, -0.25) is 9.10 Å². The molecule has 5 nitrogen and oxygen atoms in total. The Bertz CT molecular complexity index is 910. The number of hydrogen-bond donors (Lipinski definition) is 1. The van der Waals surface area contributed by atoms with Crippen molar-refractivity contribution in [2.45, 2.75) is 39.3 Å². The lowest BCUT2D eigenvalue weighted by molar-refractivity contribution is 0.0940. The topological polar surface area (TPSA) is 66.5 Å². The monoisotopic (exact) mass is 372 g/mol. The van der Waals surface area contributed by atoms with E-state index in [0.717, 1.165) is 11.1 Å². The lowest BCUT2D eigenvalue weighted by Gasteiger charge is -2.23. The number of fused-ring (bicyclic) bond motifs is 1. The van der Waals surface area contributed by atoms with Crippen LogP contribution in [0.2, 0.25) is 0 Å². The average molecular weight is 372 g/mol. The molecule has 0 spiro atoms. The van der Waals surface area contributed by atoms with Crippen LogP contribution in [-0.4, -0.2) is 26.1 Å². The molecule has 0 radical (unpaired) electrons. The van der Waals surface area contributed by atoms with Gasteiger partial charge in [-0.25, -0.2) is 8.42 Å². The molecule has 1 heterocycles. The predicted molar refractivity (Wildman–Crippen MR) is 104 cm³/mol. The molecule has 0 aromatic heterocycles. The molecule has 3 rings (SSSR count). The molecule has 2 aromatic carbocycles. The minimum Gasteiger partial charge on any atom is -0.346 e. The Balaban J connectivity index is 1.82. The number of benzene rings is 2. The molecule has 0 fully saturated rings. The van der Waals surface area contributed by atoms with Crippen LogP contribution in [-0.2, 0) is 16.4 Å². The zero-order valence-corrected chi connectivity index (χ0v) is 16.1. The summed E-state index contributed by atoms with van der Waals surface area (Å²) in [6, 6.07) is 14.8. The fourth-order valence-electron chi connectivity index (χ4n) is 3.41. The number of rotatable bonds is 5. The molecule has 2 aromatic rings. The number of nitrogens with one attached hydrogen (secondary N) is 1. The van der Waals surface area contributed by atoms with Crippen molar-refractivity contribution in [1.82, 2.24) is 5.32 Å². The lowest BCUT2D eigenvalue weighted by atomic mass is 10.0. The molecule has 0 saturated heterocycles. The number of amides is 1. The van der Waals surface area contributed by atoms with Gasteiger partial charge in [-0.1, -0.05) is 30.3 Å². The molecule has 0 bridgehead atoms. The van der Waals surface area contributed by atoms with Crippen LogP contribution in [0.15, 0.2) is 48.5 Å². The molecule has 2 atom stereocenters. The van der Waals surface area contributed by atoms with Crippen LogP contribution in [0.5, 0.6) is 0 Å². The van der Waals surface area contributed by atoms with Gasteiger partial charge in [-0.05, 0) is 56.5 Å². The Kier molecular flexibility index (Phi) is 5.05. The molecule has 0 aliphatic carbocycles. The number of carbonyl (C=O) groups excluding carboxylic acids is 1. The van der Waals surface area contributed by atoms with Gasteiger partial charge in [-0.15, -0.1) is 0 Å². The van der Waals surface area contributed by atoms with E-state index < -0.39 is 10.0 Å². The highest BCUT2D eigenvalue weighted by Crippen LogP contribution is 2.35. The largest absolute Gasteiger partial charge is 0.346 e. The maximum Gasteiger partial charge on any atom is 0.251 e. The third-order valence-corrected chi connectivity index (χ3v) is 6.69. The van der Waals surface area contributed by atoms with Gasteiger partial charge in [0.15, 0.2) is 0 Å². The van der Waals surface area contributed by atoms with E-state index in [-0.39, 0.29) is 23.7 Å². The molecular weight excluding hydrogens is 348 g/mol. The van der Waals surface area contributed by atoms with E-state index in [9.17, 15) is 13.2 Å². The van der Waals surface area contributed by atoms with E-state index in [1.807, 2.05) is 50.2 Å². The lowest BCUT2D eigenvalue weighted by Crippen LogP contribution is -2.36. The quantitative estimate of drug-likeness (QED) is 0.876. The number of hydrogen-bond acceptors (Lipinski definition) is 3. The minimum atomic E-state index is -3.32. The maximum absolute atomic E-state index is 12.6. The van der Waals surface area contributed by atoms with Crippen LogP contribution in [0.1, 0.15) is 48.3 Å². The van der Waals surface area contributed by atoms with E-state index >= 15 is 0 Å². The number of nitrogens with zero attached hydrogens (tertiary/aromatic N) is 1. The molecule has 1 aliphatic heterocycles. The summed E-state index contributed by atoms with van der Waals surface area (Å²) in [6.45, 7) is 5.48. The molecule has 0 saturated carbocycles. The summed E-state index contributed by atoms with van der Waals surface area (Å²) in [5.41, 5.74) is 3.17. The van der Waals surface area contributed by atoms with Gasteiger partial charge in [0.1, 0.15) is 0 Å². The van der Waals surface area contributed by atoms with E-state index in [1.165, 1.54) is 4.31 Å². The van der Waals surface area contributed by atoms with E-state index in [0.29, 0.717) is 17.7 Å². The van der Waals surface area contributed by atoms with Gasteiger partial charge in [0, 0.05) is 11.6 Å². The Morgan fingerprint density at radius 3 is 2.58 bits per heavy atom. The smallest absolute Gasteiger partial charge is 0.251 e. The van der Waals surface area contributed by atoms with Crippen molar-refractivity contribution >= 4 is 21.6 Å². The second kappa shape index (κ2) is 7.11. The molecule has 0 unspecified atom stereocenters. The molecule has 26 heavy (non-hydrogen) atoms. The van der Waals surface area contributed by atoms with Gasteiger partial charge < -0.3 is 5.32 Å². The first kappa shape index (κ1) is 18.5. The fraction of sp³-hybridized carbons (Fsp3) is 0.350. The molecule has 6 heteroatoms. The van der Waals surface area contributed by atoms with E-state index in [1.54, 1.807) is 19.1 Å². The van der Waals surface area contributed by atoms with Crippen LogP contribution in [0.4, 0.5) is 5.69 Å². The van der Waals surface area contributed by atoms with Crippen LogP contribution in [0.3, 0.4) is 0 Å². The Labute approximate surface area is 155 Å². The number of carbonyl (C=O) groups is 1. The molecular formula is C20H24N2O3S. The van der Waals surface area contributed by atoms with Crippen molar-refractivity contribution in [3.05, 3.63) is 65.2 Å². The summed E-state index contributed by atoms with van der Waals surface area (Å²) in [6.07, 6.45) is 0.615. The van der Waals surface area contributed by atoms with Crippen molar-refractivity contribution in [2.24, 2.45) is 0 Å². The molecule has 1 amide bonds. The van der Waals surface area contributed by atoms with Crippen LogP contribution in [0, 0.1) is 0 Å². The zero-order valence-electron chi connectivity index (χ0n) is 15.3. The first-order chi connectivity index (χ1) is 12.3. The fourth-order valence-corrected chi connectivity index (χ4v) is 4.79. The van der Waals surface area contributed by atoms with Gasteiger partial charge >= 0.3 is 0 Å². The third kappa shape index (κ3) is 3.46. The van der Waals surface area contributed by atoms with Gasteiger partial charge in [-0.2, -0.15) is 0 Å². The zero-order chi connectivity index (χ0) is 18.9. The maximum atomic E-state index is 12.6. The van der Waals surface area contributed by atoms with Crippen LogP contribution < -0.4 is 9.62 Å². The summed E-state index contributed by atoms with van der Waals surface area (Å²) in [5, 5.41) is 3.00. The summed E-state index contributed by atoms with van der Waals surface area (Å²) in [4.78, 5) is 12.6. The Morgan fingerprint density at radius 1 is 1.23 bits per heavy atom. The normalized spacial score (nSPS) is 17.7. The number of sulfonamides is 1. The van der Waals surface area contributed by atoms with E-state index in [2.05, 4.69) is 5.32 Å². The average Bonchev–Trinajstić information content (AvgIpc) is 2.97. The summed E-state index contributed by atoms with van der Waals surface area (Å²) >= 11 is 0. The first-order valence-corrected chi connectivity index (χ1v) is 10.4. The molecule has 138 valence electrons. The third-order valence-electron chi connectivity index (χ3n) is 4.81. The van der Waals surface area contributed by atoms with Crippen LogP contribution in [0.25, 0.3) is 0 Å². The minimum absolute atomic E-state index is 0.0631. The Morgan fingerprint density at radius 2 is 1.92 bits per heavy atom. The highest BCUT2D eigenvalue weighted by atomic mass is 32.2. The van der Waals surface area contributed by atoms with Crippen molar-refractivity contribution in [1.29, 1.82) is 0 Å². The molecule has 1 N–H and O–H groups in total. The summed E-state index contributed by atoms with van der Waals surface area (Å²) in [7, 11) is -3.32. The second-order valence-electron chi connectivity index (χ2n) is 6.70. The Hall–Kier alpha value is -2.34. The SMILES string of the molecule is CCS(=O)(=O)N1c2ccc(C(=O)N[C@@H](C)c3ccccc3)cc2C[C@H]1C. The van der Waals surface area contributed by atoms with Crippen molar-refractivity contribution in [3.8, 4) is 0 Å². The van der Waals surface area contributed by atoms with Crippen molar-refractivity contribution in [3.63, 3.8) is 0 Å². The van der Waals surface area contributed by atoms with E-state index in [4.69, 9.17) is 0 Å². The highest BCUT2D eigenvalue weighted by Gasteiger charge is 2.34. The standard InChI is InChI=1S/C20H24N2O3S/c1-4-26(24,25)22-14(2)12-18-13-17(10-11-19(18)22)20(23)21-15(3)16-8-6-5-7-9-16/h5-11,13-15H,4,12H2,1-3H3,(H,21,23)/t14-,15+/m1/s1. The predicted octanol–water partition coefficient (Wildman–Crippen LogP) is 3.28. The van der Waals surface area contributed by atoms with Crippen molar-refractivity contribution < 1.29 is 13.2 Å². The molecule has 1 aliphatic rings. The summed E-state index contributed by atoms with van der Waals surface area (Å²) in [5.74, 6) is -0.0956. The second-order valence-corrected chi connectivity index (χ2v) is 8.83. The summed E-state index contributed by atoms with van der Waals surface area (Å²) < 4.78 is 26.2. The first-order valence-electron chi connectivity index (χ1n) is 8.84. The van der Waals surface area contributed by atoms with Gasteiger partial charge in [0.25, 0.3) is 5.91 Å². The van der Waals surface area contributed by atoms with Gasteiger partial charge in [0.05, 0.1) is 17.5 Å². The van der Waals surface area contributed by atoms with Gasteiger partial charge in [0.2, 0.25) is 10.0 Å². The van der Waals surface area contributed by atoms with Crippen molar-refractivity contribution in [2.75, 3.05) is 10.1 Å². The highest BCUT2D eigenvalue weighted by molar-refractivity contribution is 7.92.